The predicted molar refractivity (Wildman–Crippen MR) is 98.5 cm³/mol. The average molecular weight is 381 g/mol. The molecule has 0 radical (unpaired) electrons. The van der Waals surface area contributed by atoms with E-state index in [1.807, 2.05) is 6.92 Å². The lowest BCUT2D eigenvalue weighted by atomic mass is 9.90. The molecule has 134 valence electrons. The molecule has 0 spiro atoms. The predicted octanol–water partition coefficient (Wildman–Crippen LogP) is 3.49. The van der Waals surface area contributed by atoms with E-state index < -0.39 is 10.0 Å². The number of halogens is 1. The molecule has 1 atom stereocenters. The van der Waals surface area contributed by atoms with Gasteiger partial charge >= 0.3 is 0 Å². The number of rotatable bonds is 5. The maximum atomic E-state index is 12.8. The zero-order chi connectivity index (χ0) is 18.1. The highest BCUT2D eigenvalue weighted by Crippen LogP contribution is 2.33. The first-order chi connectivity index (χ1) is 11.8. The zero-order valence-corrected chi connectivity index (χ0v) is 15.6. The van der Waals surface area contributed by atoms with Crippen LogP contribution in [0.4, 0.5) is 0 Å². The molecule has 0 aliphatic carbocycles. The third-order valence-corrected chi connectivity index (χ3v) is 6.60. The van der Waals surface area contributed by atoms with Crippen LogP contribution < -0.4 is 10.5 Å². The summed E-state index contributed by atoms with van der Waals surface area (Å²) >= 11 is 5.93. The first-order valence-electron chi connectivity index (χ1n) is 8.06. The Morgan fingerprint density at radius 2 is 1.92 bits per heavy atom. The van der Waals surface area contributed by atoms with Gasteiger partial charge in [-0.25, -0.2) is 8.42 Å². The van der Waals surface area contributed by atoms with Crippen molar-refractivity contribution in [3.8, 4) is 11.5 Å². The summed E-state index contributed by atoms with van der Waals surface area (Å²) in [7, 11) is -3.52. The van der Waals surface area contributed by atoms with Crippen molar-refractivity contribution < 1.29 is 13.2 Å². The van der Waals surface area contributed by atoms with Crippen molar-refractivity contribution in [1.82, 2.24) is 4.31 Å². The van der Waals surface area contributed by atoms with Crippen molar-refractivity contribution in [2.24, 2.45) is 11.1 Å². The average Bonchev–Trinajstić information content (AvgIpc) is 2.99. The van der Waals surface area contributed by atoms with Gasteiger partial charge in [0.05, 0.1) is 4.90 Å². The number of nitrogens with two attached hydrogens (primary N) is 1. The lowest BCUT2D eigenvalue weighted by molar-refractivity contribution is 0.349. The molecule has 2 N–H and O–H groups in total. The second-order valence-corrected chi connectivity index (χ2v) is 9.01. The molecule has 1 heterocycles. The molecule has 25 heavy (non-hydrogen) atoms. The van der Waals surface area contributed by atoms with Crippen LogP contribution in [0, 0.1) is 5.41 Å². The van der Waals surface area contributed by atoms with Crippen molar-refractivity contribution in [2.45, 2.75) is 18.2 Å². The second kappa shape index (κ2) is 6.96. The Labute approximate surface area is 153 Å². The summed E-state index contributed by atoms with van der Waals surface area (Å²) in [4.78, 5) is 0.257. The number of benzene rings is 2. The Bertz CT molecular complexity index is 855. The van der Waals surface area contributed by atoms with Gasteiger partial charge in [0, 0.05) is 18.1 Å². The Balaban J connectivity index is 1.75. The van der Waals surface area contributed by atoms with Gasteiger partial charge in [-0.1, -0.05) is 24.6 Å². The minimum atomic E-state index is -3.52. The van der Waals surface area contributed by atoms with Crippen LogP contribution in [0.3, 0.4) is 0 Å². The minimum absolute atomic E-state index is 0.150. The molecule has 1 unspecified atom stereocenters. The van der Waals surface area contributed by atoms with Gasteiger partial charge in [-0.3, -0.25) is 0 Å². The van der Waals surface area contributed by atoms with Gasteiger partial charge in [-0.05, 0) is 60.8 Å². The minimum Gasteiger partial charge on any atom is -0.457 e. The molecule has 3 rings (SSSR count). The van der Waals surface area contributed by atoms with E-state index in [4.69, 9.17) is 22.1 Å². The van der Waals surface area contributed by atoms with Gasteiger partial charge in [0.1, 0.15) is 11.5 Å². The van der Waals surface area contributed by atoms with Crippen molar-refractivity contribution >= 4 is 21.6 Å². The fourth-order valence-corrected chi connectivity index (χ4v) is 4.62. The zero-order valence-electron chi connectivity index (χ0n) is 14.0. The summed E-state index contributed by atoms with van der Waals surface area (Å²) in [6, 6.07) is 13.4. The lowest BCUT2D eigenvalue weighted by Gasteiger charge is -2.22. The number of ether oxygens (including phenoxy) is 1. The van der Waals surface area contributed by atoms with Crippen LogP contribution in [0.5, 0.6) is 11.5 Å². The van der Waals surface area contributed by atoms with Crippen molar-refractivity contribution in [2.75, 3.05) is 19.6 Å². The highest BCUT2D eigenvalue weighted by molar-refractivity contribution is 7.89. The van der Waals surface area contributed by atoms with E-state index in [0.29, 0.717) is 36.2 Å². The summed E-state index contributed by atoms with van der Waals surface area (Å²) in [5, 5.41) is 0.577. The largest absolute Gasteiger partial charge is 0.457 e. The molecule has 0 saturated carbocycles. The molecular weight excluding hydrogens is 360 g/mol. The monoisotopic (exact) mass is 380 g/mol. The molecule has 0 aromatic heterocycles. The highest BCUT2D eigenvalue weighted by Gasteiger charge is 2.38. The third-order valence-electron chi connectivity index (χ3n) is 4.51. The normalized spacial score (nSPS) is 21.4. The molecule has 1 aliphatic heterocycles. The Morgan fingerprint density at radius 3 is 2.52 bits per heavy atom. The summed E-state index contributed by atoms with van der Waals surface area (Å²) in [6.07, 6.45) is 0.776. The molecule has 0 bridgehead atoms. The van der Waals surface area contributed by atoms with Crippen LogP contribution in [0.25, 0.3) is 0 Å². The fourth-order valence-electron chi connectivity index (χ4n) is 2.85. The molecule has 7 heteroatoms. The molecule has 2 aromatic carbocycles. The Hall–Kier alpha value is -1.60. The maximum Gasteiger partial charge on any atom is 0.243 e. The molecule has 1 saturated heterocycles. The van der Waals surface area contributed by atoms with Crippen LogP contribution in [-0.2, 0) is 10.0 Å². The van der Waals surface area contributed by atoms with Crippen LogP contribution in [0.1, 0.15) is 13.3 Å². The molecule has 1 fully saturated rings. The summed E-state index contributed by atoms with van der Waals surface area (Å²) in [6.45, 7) is 3.44. The standard InChI is InChI=1S/C18H21ClN2O3S/c1-18(12-20)9-10-21(13-18)25(22,23)17-7-5-15(6-8-17)24-16-4-2-3-14(19)11-16/h2-8,11H,9-10,12-13,20H2,1H3. The summed E-state index contributed by atoms with van der Waals surface area (Å²) in [5.41, 5.74) is 5.62. The SMILES string of the molecule is CC1(CN)CCN(S(=O)(=O)c2ccc(Oc3cccc(Cl)c3)cc2)C1. The van der Waals surface area contributed by atoms with Crippen molar-refractivity contribution in [3.05, 3.63) is 53.6 Å². The lowest BCUT2D eigenvalue weighted by Crippen LogP contribution is -2.34. The van der Waals surface area contributed by atoms with Gasteiger partial charge in [-0.15, -0.1) is 0 Å². The highest BCUT2D eigenvalue weighted by atomic mass is 35.5. The van der Waals surface area contributed by atoms with E-state index in [9.17, 15) is 8.42 Å². The molecular formula is C18H21ClN2O3S. The molecule has 0 amide bonds. The van der Waals surface area contributed by atoms with Crippen LogP contribution >= 0.6 is 11.6 Å². The molecule has 5 nitrogen and oxygen atoms in total. The van der Waals surface area contributed by atoms with Gasteiger partial charge < -0.3 is 10.5 Å². The van der Waals surface area contributed by atoms with E-state index >= 15 is 0 Å². The third kappa shape index (κ3) is 3.98. The van der Waals surface area contributed by atoms with E-state index in [1.165, 1.54) is 4.31 Å². The van der Waals surface area contributed by atoms with Gasteiger partial charge in [-0.2, -0.15) is 4.31 Å². The quantitative estimate of drug-likeness (QED) is 0.861. The first kappa shape index (κ1) is 18.2. The summed E-state index contributed by atoms with van der Waals surface area (Å²) < 4.78 is 32.8. The first-order valence-corrected chi connectivity index (χ1v) is 9.88. The number of hydrogen-bond acceptors (Lipinski definition) is 4. The second-order valence-electron chi connectivity index (χ2n) is 6.63. The van der Waals surface area contributed by atoms with Crippen LogP contribution in [0.15, 0.2) is 53.4 Å². The summed E-state index contributed by atoms with van der Waals surface area (Å²) in [5.74, 6) is 1.15. The topological polar surface area (TPSA) is 72.6 Å². The van der Waals surface area contributed by atoms with Crippen LogP contribution in [-0.4, -0.2) is 32.4 Å². The Morgan fingerprint density at radius 1 is 1.20 bits per heavy atom. The van der Waals surface area contributed by atoms with Gasteiger partial charge in [0.15, 0.2) is 0 Å². The smallest absolute Gasteiger partial charge is 0.243 e. The van der Waals surface area contributed by atoms with Gasteiger partial charge in [0.2, 0.25) is 10.0 Å². The van der Waals surface area contributed by atoms with E-state index in [1.54, 1.807) is 48.5 Å². The van der Waals surface area contributed by atoms with E-state index in [0.717, 1.165) is 6.42 Å². The number of sulfonamides is 1. The van der Waals surface area contributed by atoms with E-state index in [-0.39, 0.29) is 10.3 Å². The van der Waals surface area contributed by atoms with E-state index in [2.05, 4.69) is 0 Å². The Kier molecular flexibility index (Phi) is 5.06. The maximum absolute atomic E-state index is 12.8. The number of hydrogen-bond donors (Lipinski definition) is 1. The van der Waals surface area contributed by atoms with Gasteiger partial charge in [0.25, 0.3) is 0 Å². The molecule has 2 aromatic rings. The fraction of sp³-hybridized carbons (Fsp3) is 0.333. The molecule has 1 aliphatic rings. The van der Waals surface area contributed by atoms with Crippen molar-refractivity contribution in [1.29, 1.82) is 0 Å². The number of nitrogens with zero attached hydrogens (tertiary/aromatic N) is 1. The van der Waals surface area contributed by atoms with Crippen LogP contribution in [0.2, 0.25) is 5.02 Å². The van der Waals surface area contributed by atoms with Crippen molar-refractivity contribution in [3.63, 3.8) is 0 Å².